The van der Waals surface area contributed by atoms with Gasteiger partial charge in [0.25, 0.3) is 5.91 Å². The van der Waals surface area contributed by atoms with Gasteiger partial charge in [0.2, 0.25) is 5.91 Å². The van der Waals surface area contributed by atoms with E-state index < -0.39 is 11.9 Å². The zero-order valence-corrected chi connectivity index (χ0v) is 15.0. The third-order valence-electron chi connectivity index (χ3n) is 4.21. The summed E-state index contributed by atoms with van der Waals surface area (Å²) in [5, 5.41) is 6.62. The molecular weight excluding hydrogens is 332 g/mol. The van der Waals surface area contributed by atoms with Gasteiger partial charge in [-0.1, -0.05) is 32.0 Å². The van der Waals surface area contributed by atoms with Gasteiger partial charge in [-0.05, 0) is 37.1 Å². The van der Waals surface area contributed by atoms with Crippen LogP contribution in [0.4, 0.5) is 0 Å². The minimum Gasteiger partial charge on any atom is -0.459 e. The van der Waals surface area contributed by atoms with Crippen LogP contribution in [0.1, 0.15) is 43.1 Å². The molecule has 6 heteroatoms. The van der Waals surface area contributed by atoms with Crippen LogP contribution in [0, 0.1) is 5.92 Å². The summed E-state index contributed by atoms with van der Waals surface area (Å²) in [6.07, 6.45) is 1.42. The van der Waals surface area contributed by atoms with Crippen LogP contribution < -0.4 is 10.6 Å². The van der Waals surface area contributed by atoms with Crippen molar-refractivity contribution in [1.82, 2.24) is 10.6 Å². The van der Waals surface area contributed by atoms with Gasteiger partial charge in [0.05, 0.1) is 12.3 Å². The number of carbonyl (C=O) groups excluding carboxylic acids is 2. The number of rotatable bonds is 6. The molecule has 0 radical (unpaired) electrons. The number of nitrogens with one attached hydrogen (secondary N) is 2. The smallest absolute Gasteiger partial charge is 0.287 e. The van der Waals surface area contributed by atoms with Gasteiger partial charge >= 0.3 is 0 Å². The van der Waals surface area contributed by atoms with Crippen LogP contribution in [-0.4, -0.2) is 17.9 Å². The van der Waals surface area contributed by atoms with Crippen molar-refractivity contribution in [1.29, 1.82) is 0 Å². The summed E-state index contributed by atoms with van der Waals surface area (Å²) in [5.41, 5.74) is 0.773. The Morgan fingerprint density at radius 2 is 1.77 bits per heavy atom. The Morgan fingerprint density at radius 1 is 1.00 bits per heavy atom. The van der Waals surface area contributed by atoms with E-state index in [0.717, 1.165) is 11.0 Å². The van der Waals surface area contributed by atoms with E-state index in [-0.39, 0.29) is 23.6 Å². The molecule has 2 aromatic heterocycles. The van der Waals surface area contributed by atoms with E-state index >= 15 is 0 Å². The summed E-state index contributed by atoms with van der Waals surface area (Å²) in [7, 11) is 0. The summed E-state index contributed by atoms with van der Waals surface area (Å²) in [6, 6.07) is 11.8. The molecule has 0 saturated carbocycles. The van der Waals surface area contributed by atoms with E-state index in [0.29, 0.717) is 5.76 Å². The molecule has 3 aromatic rings. The van der Waals surface area contributed by atoms with Crippen molar-refractivity contribution >= 4 is 22.8 Å². The largest absolute Gasteiger partial charge is 0.459 e. The molecule has 1 aromatic carbocycles. The molecule has 0 unspecified atom stereocenters. The number of amides is 2. The van der Waals surface area contributed by atoms with Gasteiger partial charge in [-0.25, -0.2) is 0 Å². The van der Waals surface area contributed by atoms with Gasteiger partial charge in [-0.2, -0.15) is 0 Å². The number of carbonyl (C=O) groups is 2. The lowest BCUT2D eigenvalue weighted by atomic mass is 10.0. The fourth-order valence-electron chi connectivity index (χ4n) is 2.75. The van der Waals surface area contributed by atoms with Gasteiger partial charge < -0.3 is 19.5 Å². The molecule has 3 rings (SSSR count). The van der Waals surface area contributed by atoms with Crippen LogP contribution in [0.5, 0.6) is 0 Å². The van der Waals surface area contributed by atoms with Crippen LogP contribution in [0.3, 0.4) is 0 Å². The topological polar surface area (TPSA) is 84.5 Å². The second-order valence-corrected chi connectivity index (χ2v) is 6.59. The first-order valence-electron chi connectivity index (χ1n) is 8.59. The Kier molecular flexibility index (Phi) is 5.11. The molecule has 136 valence electrons. The molecule has 0 spiro atoms. The molecule has 6 nitrogen and oxygen atoms in total. The van der Waals surface area contributed by atoms with Crippen molar-refractivity contribution in [3.05, 3.63) is 60.2 Å². The molecule has 0 aliphatic heterocycles. The second kappa shape index (κ2) is 7.47. The van der Waals surface area contributed by atoms with Crippen molar-refractivity contribution in [3.63, 3.8) is 0 Å². The first-order chi connectivity index (χ1) is 12.5. The average molecular weight is 354 g/mol. The molecule has 2 amide bonds. The molecule has 2 N–H and O–H groups in total. The lowest BCUT2D eigenvalue weighted by Crippen LogP contribution is -2.50. The number of hydrogen-bond acceptors (Lipinski definition) is 4. The summed E-state index contributed by atoms with van der Waals surface area (Å²) in [4.78, 5) is 24.9. The number of hydrogen-bond donors (Lipinski definition) is 2. The first-order valence-corrected chi connectivity index (χ1v) is 8.59. The molecule has 2 heterocycles. The van der Waals surface area contributed by atoms with E-state index in [9.17, 15) is 9.59 Å². The van der Waals surface area contributed by atoms with Gasteiger partial charge in [0, 0.05) is 5.39 Å². The second-order valence-electron chi connectivity index (χ2n) is 6.59. The predicted octanol–water partition coefficient (Wildman–Crippen LogP) is 3.66. The number of para-hydroxylation sites is 1. The number of fused-ring (bicyclic) bond motifs is 1. The van der Waals surface area contributed by atoms with Crippen LogP contribution >= 0.6 is 0 Å². The zero-order chi connectivity index (χ0) is 18.7. The van der Waals surface area contributed by atoms with Crippen molar-refractivity contribution < 1.29 is 18.4 Å². The highest BCUT2D eigenvalue weighted by atomic mass is 16.3. The maximum absolute atomic E-state index is 12.7. The fraction of sp³-hybridized carbons (Fsp3) is 0.300. The van der Waals surface area contributed by atoms with Gasteiger partial charge in [0.1, 0.15) is 17.4 Å². The SMILES string of the molecule is CC(C)[C@H](NC(=O)c1ccco1)C(=O)N[C@H](C)c1cc2ccccc2o1. The average Bonchev–Trinajstić information content (AvgIpc) is 3.28. The van der Waals surface area contributed by atoms with Crippen molar-refractivity contribution in [2.75, 3.05) is 0 Å². The summed E-state index contributed by atoms with van der Waals surface area (Å²) >= 11 is 0. The van der Waals surface area contributed by atoms with Crippen LogP contribution in [-0.2, 0) is 4.79 Å². The van der Waals surface area contributed by atoms with Crippen molar-refractivity contribution in [2.45, 2.75) is 32.9 Å². The fourth-order valence-corrected chi connectivity index (χ4v) is 2.75. The quantitative estimate of drug-likeness (QED) is 0.707. The molecule has 2 atom stereocenters. The molecule has 0 fully saturated rings. The highest BCUT2D eigenvalue weighted by molar-refractivity contribution is 5.95. The van der Waals surface area contributed by atoms with Crippen LogP contribution in [0.15, 0.2) is 57.6 Å². The van der Waals surface area contributed by atoms with E-state index in [1.165, 1.54) is 6.26 Å². The van der Waals surface area contributed by atoms with E-state index in [1.807, 2.05) is 51.1 Å². The number of furan rings is 2. The Labute approximate surface area is 151 Å². The third-order valence-corrected chi connectivity index (χ3v) is 4.21. The Morgan fingerprint density at radius 3 is 2.42 bits per heavy atom. The van der Waals surface area contributed by atoms with Crippen molar-refractivity contribution in [2.24, 2.45) is 5.92 Å². The standard InChI is InChI=1S/C20H22N2O4/c1-12(2)18(22-19(23)16-9-6-10-25-16)20(24)21-13(3)17-11-14-7-4-5-8-15(14)26-17/h4-13,18H,1-3H3,(H,21,24)(H,22,23)/t13-,18+/m1/s1. The van der Waals surface area contributed by atoms with E-state index in [2.05, 4.69) is 10.6 Å². The first kappa shape index (κ1) is 17.8. The normalized spacial score (nSPS) is 13.5. The Bertz CT molecular complexity index is 863. The van der Waals surface area contributed by atoms with Gasteiger partial charge in [0.15, 0.2) is 5.76 Å². The molecule has 26 heavy (non-hydrogen) atoms. The highest BCUT2D eigenvalue weighted by Gasteiger charge is 2.27. The predicted molar refractivity (Wildman–Crippen MR) is 97.6 cm³/mol. The molecule has 0 aliphatic carbocycles. The highest BCUT2D eigenvalue weighted by Crippen LogP contribution is 2.23. The Balaban J connectivity index is 1.69. The maximum atomic E-state index is 12.7. The minimum atomic E-state index is -0.681. The lowest BCUT2D eigenvalue weighted by Gasteiger charge is -2.23. The molecule has 0 saturated heterocycles. The van der Waals surface area contributed by atoms with E-state index in [4.69, 9.17) is 8.83 Å². The van der Waals surface area contributed by atoms with Crippen LogP contribution in [0.2, 0.25) is 0 Å². The molecule has 0 aliphatic rings. The maximum Gasteiger partial charge on any atom is 0.287 e. The van der Waals surface area contributed by atoms with Crippen LogP contribution in [0.25, 0.3) is 11.0 Å². The summed E-state index contributed by atoms with van der Waals surface area (Å²) in [5.74, 6) is 0.0677. The monoisotopic (exact) mass is 354 g/mol. The Hall–Kier alpha value is -3.02. The third kappa shape index (κ3) is 3.79. The summed E-state index contributed by atoms with van der Waals surface area (Å²) < 4.78 is 10.9. The van der Waals surface area contributed by atoms with Gasteiger partial charge in [-0.15, -0.1) is 0 Å². The van der Waals surface area contributed by atoms with Gasteiger partial charge in [-0.3, -0.25) is 9.59 Å². The minimum absolute atomic E-state index is 0.0863. The number of benzene rings is 1. The molecular formula is C20H22N2O4. The lowest BCUT2D eigenvalue weighted by molar-refractivity contribution is -0.124. The van der Waals surface area contributed by atoms with Crippen molar-refractivity contribution in [3.8, 4) is 0 Å². The summed E-state index contributed by atoms with van der Waals surface area (Å²) in [6.45, 7) is 5.60. The molecule has 0 bridgehead atoms. The van der Waals surface area contributed by atoms with E-state index in [1.54, 1.807) is 12.1 Å². The zero-order valence-electron chi connectivity index (χ0n) is 15.0.